The molecule has 0 aromatic heterocycles. The highest BCUT2D eigenvalue weighted by Crippen LogP contribution is 2.29. The first-order chi connectivity index (χ1) is 10.9. The molecule has 120 valence electrons. The highest BCUT2D eigenvalue weighted by atomic mass is 35.5. The number of nitrogens with zero attached hydrogens (tertiary/aromatic N) is 1. The Bertz CT molecular complexity index is 764. The van der Waals surface area contributed by atoms with Crippen molar-refractivity contribution in [3.05, 3.63) is 62.7 Å². The van der Waals surface area contributed by atoms with Crippen LogP contribution in [-0.4, -0.2) is 17.9 Å². The summed E-state index contributed by atoms with van der Waals surface area (Å²) in [5.74, 6) is -0.157. The van der Waals surface area contributed by atoms with E-state index in [0.717, 1.165) is 6.07 Å². The molecule has 0 bridgehead atoms. The van der Waals surface area contributed by atoms with Gasteiger partial charge in [-0.3, -0.25) is 14.9 Å². The van der Waals surface area contributed by atoms with Crippen molar-refractivity contribution in [1.29, 1.82) is 0 Å². The molecule has 3 N–H and O–H groups in total. The fourth-order valence-corrected chi connectivity index (χ4v) is 2.22. The lowest BCUT2D eigenvalue weighted by molar-refractivity contribution is -0.385. The minimum Gasteiger partial charge on any atom is -0.495 e. The molecule has 8 heteroatoms. The molecule has 0 saturated carbocycles. The Labute approximate surface area is 137 Å². The maximum Gasteiger partial charge on any atom is 0.275 e. The van der Waals surface area contributed by atoms with Crippen molar-refractivity contribution in [2.45, 2.75) is 6.54 Å². The van der Waals surface area contributed by atoms with E-state index in [2.05, 4.69) is 5.32 Å². The van der Waals surface area contributed by atoms with Crippen molar-refractivity contribution in [1.82, 2.24) is 0 Å². The molecular weight excluding hydrogens is 322 g/mol. The number of halogens is 1. The van der Waals surface area contributed by atoms with Gasteiger partial charge in [0.1, 0.15) is 5.75 Å². The molecule has 0 atom stereocenters. The second-order valence-corrected chi connectivity index (χ2v) is 5.10. The Balaban J connectivity index is 2.28. The number of carbonyl (C=O) groups is 1. The molecule has 0 fully saturated rings. The van der Waals surface area contributed by atoms with Gasteiger partial charge in [-0.2, -0.15) is 0 Å². The molecule has 2 rings (SSSR count). The second kappa shape index (κ2) is 6.97. The third-order valence-corrected chi connectivity index (χ3v) is 3.43. The number of ether oxygens (including phenoxy) is 1. The molecule has 0 aliphatic heterocycles. The molecule has 23 heavy (non-hydrogen) atoms. The average Bonchev–Trinajstić information content (AvgIpc) is 2.52. The van der Waals surface area contributed by atoms with Crippen LogP contribution in [0.3, 0.4) is 0 Å². The van der Waals surface area contributed by atoms with Crippen LogP contribution in [0.2, 0.25) is 5.02 Å². The molecular formula is C15H14ClN3O4. The van der Waals surface area contributed by atoms with Gasteiger partial charge in [-0.15, -0.1) is 0 Å². The van der Waals surface area contributed by atoms with Crippen LogP contribution in [0.1, 0.15) is 15.9 Å². The van der Waals surface area contributed by atoms with E-state index >= 15 is 0 Å². The summed E-state index contributed by atoms with van der Waals surface area (Å²) in [6.07, 6.45) is 0. The largest absolute Gasteiger partial charge is 0.495 e. The van der Waals surface area contributed by atoms with Gasteiger partial charge in [0.2, 0.25) is 5.91 Å². The van der Waals surface area contributed by atoms with Gasteiger partial charge in [0.25, 0.3) is 5.69 Å². The van der Waals surface area contributed by atoms with Gasteiger partial charge in [-0.25, -0.2) is 0 Å². The number of hydrogen-bond acceptors (Lipinski definition) is 5. The minimum absolute atomic E-state index is 0.0841. The maximum absolute atomic E-state index is 11.2. The van der Waals surface area contributed by atoms with Crippen molar-refractivity contribution in [2.75, 3.05) is 12.4 Å². The van der Waals surface area contributed by atoms with Gasteiger partial charge in [0.05, 0.1) is 17.7 Å². The van der Waals surface area contributed by atoms with E-state index in [1.807, 2.05) is 0 Å². The molecule has 2 aromatic rings. The van der Waals surface area contributed by atoms with Crippen LogP contribution in [-0.2, 0) is 6.54 Å². The molecule has 0 heterocycles. The fourth-order valence-electron chi connectivity index (χ4n) is 2.05. The standard InChI is InChI=1S/C15H14ClN3O4/c1-23-14-5-4-11(16)7-12(14)18-8-10-3-2-9(15(17)20)6-13(10)19(21)22/h2-7,18H,8H2,1H3,(H2,17,20). The van der Waals surface area contributed by atoms with Crippen molar-refractivity contribution in [3.8, 4) is 5.75 Å². The third-order valence-electron chi connectivity index (χ3n) is 3.20. The zero-order valence-electron chi connectivity index (χ0n) is 12.2. The highest BCUT2D eigenvalue weighted by Gasteiger charge is 2.16. The molecule has 7 nitrogen and oxygen atoms in total. The number of carbonyl (C=O) groups excluding carboxylic acids is 1. The van der Waals surface area contributed by atoms with Crippen LogP contribution in [0.25, 0.3) is 0 Å². The molecule has 0 unspecified atom stereocenters. The number of nitro benzene ring substituents is 1. The predicted molar refractivity (Wildman–Crippen MR) is 86.9 cm³/mol. The number of primary amides is 1. The minimum atomic E-state index is -0.718. The van der Waals surface area contributed by atoms with Crippen LogP contribution in [0.5, 0.6) is 5.75 Å². The SMILES string of the molecule is COc1ccc(Cl)cc1NCc1ccc(C(N)=O)cc1[N+](=O)[O-]. The lowest BCUT2D eigenvalue weighted by atomic mass is 10.1. The lowest BCUT2D eigenvalue weighted by Gasteiger charge is -2.12. The van der Waals surface area contributed by atoms with E-state index in [1.54, 1.807) is 18.2 Å². The van der Waals surface area contributed by atoms with Crippen molar-refractivity contribution in [2.24, 2.45) is 5.73 Å². The van der Waals surface area contributed by atoms with E-state index in [1.165, 1.54) is 19.2 Å². The van der Waals surface area contributed by atoms with E-state index in [4.69, 9.17) is 22.1 Å². The number of methoxy groups -OCH3 is 1. The molecule has 0 aliphatic rings. The van der Waals surface area contributed by atoms with Crippen molar-refractivity contribution >= 4 is 28.9 Å². The fraction of sp³-hybridized carbons (Fsp3) is 0.133. The number of hydrogen-bond donors (Lipinski definition) is 2. The van der Waals surface area contributed by atoms with E-state index < -0.39 is 10.8 Å². The van der Waals surface area contributed by atoms with Gasteiger partial charge >= 0.3 is 0 Å². The monoisotopic (exact) mass is 335 g/mol. The molecule has 2 aromatic carbocycles. The predicted octanol–water partition coefficient (Wildman–Crippen LogP) is 2.97. The van der Waals surface area contributed by atoms with Gasteiger partial charge in [0.15, 0.2) is 0 Å². The second-order valence-electron chi connectivity index (χ2n) is 4.66. The van der Waals surface area contributed by atoms with Crippen LogP contribution >= 0.6 is 11.6 Å². The van der Waals surface area contributed by atoms with Crippen LogP contribution in [0.4, 0.5) is 11.4 Å². The maximum atomic E-state index is 11.2. The first-order valence-electron chi connectivity index (χ1n) is 6.57. The average molecular weight is 336 g/mol. The molecule has 0 saturated heterocycles. The summed E-state index contributed by atoms with van der Waals surface area (Å²) in [4.78, 5) is 21.7. The zero-order valence-corrected chi connectivity index (χ0v) is 13.0. The number of nitrogens with one attached hydrogen (secondary N) is 1. The normalized spacial score (nSPS) is 10.2. The molecule has 0 radical (unpaired) electrons. The Hall–Kier alpha value is -2.80. The third kappa shape index (κ3) is 3.89. The van der Waals surface area contributed by atoms with Gasteiger partial charge in [-0.1, -0.05) is 11.6 Å². The lowest BCUT2D eigenvalue weighted by Crippen LogP contribution is -2.12. The van der Waals surface area contributed by atoms with Crippen LogP contribution < -0.4 is 15.8 Å². The summed E-state index contributed by atoms with van der Waals surface area (Å²) in [6, 6.07) is 9.12. The van der Waals surface area contributed by atoms with Crippen molar-refractivity contribution < 1.29 is 14.5 Å². The van der Waals surface area contributed by atoms with E-state index in [-0.39, 0.29) is 17.8 Å². The summed E-state index contributed by atoms with van der Waals surface area (Å²) in [5, 5.41) is 14.7. The first-order valence-corrected chi connectivity index (χ1v) is 6.94. The first kappa shape index (κ1) is 16.6. The van der Waals surface area contributed by atoms with Crippen LogP contribution in [0, 0.1) is 10.1 Å². The molecule has 0 spiro atoms. The highest BCUT2D eigenvalue weighted by molar-refractivity contribution is 6.30. The smallest absolute Gasteiger partial charge is 0.275 e. The summed E-state index contributed by atoms with van der Waals surface area (Å²) in [5.41, 5.74) is 6.05. The van der Waals surface area contributed by atoms with Gasteiger partial charge < -0.3 is 15.8 Å². The van der Waals surface area contributed by atoms with Crippen molar-refractivity contribution in [3.63, 3.8) is 0 Å². The number of anilines is 1. The van der Waals surface area contributed by atoms with Gasteiger partial charge in [0, 0.05) is 28.8 Å². The molecule has 0 aliphatic carbocycles. The zero-order chi connectivity index (χ0) is 17.0. The number of rotatable bonds is 6. The van der Waals surface area contributed by atoms with Crippen LogP contribution in [0.15, 0.2) is 36.4 Å². The number of nitrogens with two attached hydrogens (primary N) is 1. The van der Waals surface area contributed by atoms with E-state index in [0.29, 0.717) is 22.0 Å². The summed E-state index contributed by atoms with van der Waals surface area (Å²) < 4.78 is 5.20. The van der Waals surface area contributed by atoms with E-state index in [9.17, 15) is 14.9 Å². The topological polar surface area (TPSA) is 107 Å². The number of benzene rings is 2. The summed E-state index contributed by atoms with van der Waals surface area (Å²) >= 11 is 5.94. The number of amides is 1. The Morgan fingerprint density at radius 1 is 1.35 bits per heavy atom. The Kier molecular flexibility index (Phi) is 5.02. The van der Waals surface area contributed by atoms with Gasteiger partial charge in [-0.05, 0) is 30.3 Å². The summed E-state index contributed by atoms with van der Waals surface area (Å²) in [6.45, 7) is 0.159. The Morgan fingerprint density at radius 3 is 2.70 bits per heavy atom. The Morgan fingerprint density at radius 2 is 2.09 bits per heavy atom. The molecule has 1 amide bonds. The summed E-state index contributed by atoms with van der Waals surface area (Å²) in [7, 11) is 1.51. The number of nitro groups is 1. The quantitative estimate of drug-likeness (QED) is 0.623.